The Morgan fingerprint density at radius 2 is 1.79 bits per heavy atom. The topological polar surface area (TPSA) is 108 Å². The first-order valence-electron chi connectivity index (χ1n) is 12.6. The molecular weight excluding hydrogens is 555 g/mol. The van der Waals surface area contributed by atoms with Crippen LogP contribution in [-0.4, -0.2) is 63.9 Å². The van der Waals surface area contributed by atoms with Gasteiger partial charge in [-0.1, -0.05) is 0 Å². The summed E-state index contributed by atoms with van der Waals surface area (Å²) < 4.78 is 70.0. The number of hydrogen-bond donors (Lipinski definition) is 3. The largest absolute Gasteiger partial charge is 0.492 e. The molecule has 8 nitrogen and oxygen atoms in total. The van der Waals surface area contributed by atoms with Gasteiger partial charge in [-0.3, -0.25) is 9.52 Å². The van der Waals surface area contributed by atoms with Crippen LogP contribution in [0.5, 0.6) is 5.75 Å². The van der Waals surface area contributed by atoms with Crippen LogP contribution in [0.3, 0.4) is 0 Å². The van der Waals surface area contributed by atoms with Gasteiger partial charge >= 0.3 is 6.18 Å². The molecule has 0 bridgehead atoms. The Hall–Kier alpha value is -2.64. The predicted molar refractivity (Wildman–Crippen MR) is 146 cm³/mol. The highest BCUT2D eigenvalue weighted by Gasteiger charge is 2.44. The molecule has 2 aliphatic rings. The second kappa shape index (κ2) is 11.8. The van der Waals surface area contributed by atoms with Crippen molar-refractivity contribution in [3.63, 3.8) is 0 Å². The summed E-state index contributed by atoms with van der Waals surface area (Å²) in [4.78, 5) is 16.1. The van der Waals surface area contributed by atoms with Gasteiger partial charge in [0.15, 0.2) is 0 Å². The Kier molecular flexibility index (Phi) is 8.91. The molecule has 2 aromatic carbocycles. The van der Waals surface area contributed by atoms with E-state index >= 15 is 0 Å². The zero-order valence-electron chi connectivity index (χ0n) is 21.5. The van der Waals surface area contributed by atoms with Crippen LogP contribution < -0.4 is 19.7 Å². The summed E-state index contributed by atoms with van der Waals surface area (Å²) in [6.07, 6.45) is 0.729. The Labute approximate surface area is 230 Å². The lowest BCUT2D eigenvalue weighted by Gasteiger charge is -2.35. The smallest absolute Gasteiger partial charge is 0.392 e. The molecule has 2 aromatic rings. The van der Waals surface area contributed by atoms with E-state index in [0.717, 1.165) is 25.9 Å². The molecule has 39 heavy (non-hydrogen) atoms. The van der Waals surface area contributed by atoms with Crippen molar-refractivity contribution in [2.45, 2.75) is 43.2 Å². The number of carbonyl (C=O) groups is 1. The summed E-state index contributed by atoms with van der Waals surface area (Å²) in [5.41, 5.74) is 1.94. The molecule has 1 aliphatic carbocycles. The third kappa shape index (κ3) is 7.95. The number of rotatable bonds is 11. The third-order valence-electron chi connectivity index (χ3n) is 7.06. The molecule has 13 heteroatoms. The maximum Gasteiger partial charge on any atom is 0.392 e. The number of halogens is 3. The van der Waals surface area contributed by atoms with E-state index in [0.29, 0.717) is 27.2 Å². The predicted octanol–water partition coefficient (Wildman–Crippen LogP) is 5.11. The van der Waals surface area contributed by atoms with Crippen molar-refractivity contribution in [3.05, 3.63) is 42.0 Å². The lowest BCUT2D eigenvalue weighted by atomic mass is 9.93. The number of nitrogens with one attached hydrogen (secondary N) is 2. The van der Waals surface area contributed by atoms with Crippen molar-refractivity contribution in [2.75, 3.05) is 53.3 Å². The van der Waals surface area contributed by atoms with E-state index in [4.69, 9.17) is 9.84 Å². The van der Waals surface area contributed by atoms with Crippen LogP contribution in [0.4, 0.5) is 30.2 Å². The molecule has 1 saturated carbocycles. The SMILES string of the molecule is CSc1ccc(NC(=O)c2ccc(NS(=O)(=O)CCO)cc2N2CCC3(CC2)CC3)cc1OCCC(F)(F)F. The number of carbonyl (C=O) groups excluding carboxylic acids is 1. The molecule has 1 saturated heterocycles. The summed E-state index contributed by atoms with van der Waals surface area (Å²) >= 11 is 1.32. The number of sulfonamides is 1. The van der Waals surface area contributed by atoms with E-state index in [9.17, 15) is 26.4 Å². The average Bonchev–Trinajstić information content (AvgIpc) is 3.62. The van der Waals surface area contributed by atoms with E-state index < -0.39 is 47.5 Å². The minimum absolute atomic E-state index is 0.240. The molecule has 1 heterocycles. The number of benzene rings is 2. The molecule has 0 atom stereocenters. The summed E-state index contributed by atoms with van der Waals surface area (Å²) in [7, 11) is -3.76. The number of piperidine rings is 1. The van der Waals surface area contributed by atoms with Crippen molar-refractivity contribution < 1.29 is 36.2 Å². The van der Waals surface area contributed by atoms with Gasteiger partial charge in [0.05, 0.1) is 42.3 Å². The highest BCUT2D eigenvalue weighted by atomic mass is 32.2. The normalized spacial score (nSPS) is 16.7. The molecule has 1 aliphatic heterocycles. The molecule has 214 valence electrons. The second-order valence-electron chi connectivity index (χ2n) is 9.90. The molecule has 0 radical (unpaired) electrons. The molecule has 3 N–H and O–H groups in total. The van der Waals surface area contributed by atoms with Crippen LogP contribution in [0.1, 0.15) is 42.5 Å². The van der Waals surface area contributed by atoms with Crippen LogP contribution in [-0.2, 0) is 10.0 Å². The Morgan fingerprint density at radius 3 is 2.41 bits per heavy atom. The monoisotopic (exact) mass is 587 g/mol. The molecule has 0 unspecified atom stereocenters. The van der Waals surface area contributed by atoms with Gasteiger partial charge in [0, 0.05) is 29.7 Å². The molecule has 4 rings (SSSR count). The number of aliphatic hydroxyl groups is 1. The third-order valence-corrected chi connectivity index (χ3v) is 9.11. The molecule has 1 spiro atoms. The van der Waals surface area contributed by atoms with Crippen LogP contribution in [0.15, 0.2) is 41.3 Å². The summed E-state index contributed by atoms with van der Waals surface area (Å²) in [6.45, 7) is 0.399. The highest BCUT2D eigenvalue weighted by molar-refractivity contribution is 7.98. The molecular formula is C26H32F3N3O5S2. The highest BCUT2D eigenvalue weighted by Crippen LogP contribution is 2.54. The Morgan fingerprint density at radius 1 is 1.10 bits per heavy atom. The quantitative estimate of drug-likeness (QED) is 0.314. The van der Waals surface area contributed by atoms with Crippen molar-refractivity contribution in [2.24, 2.45) is 5.41 Å². The number of alkyl halides is 3. The van der Waals surface area contributed by atoms with Gasteiger partial charge in [-0.2, -0.15) is 13.2 Å². The molecule has 0 aromatic heterocycles. The maximum absolute atomic E-state index is 13.4. The summed E-state index contributed by atoms with van der Waals surface area (Å²) in [6, 6.07) is 9.46. The van der Waals surface area contributed by atoms with Crippen LogP contribution in [0.25, 0.3) is 0 Å². The van der Waals surface area contributed by atoms with Crippen molar-refractivity contribution in [1.82, 2.24) is 0 Å². The fraction of sp³-hybridized carbons (Fsp3) is 0.500. The van der Waals surface area contributed by atoms with Gasteiger partial charge in [-0.05, 0) is 67.7 Å². The number of aliphatic hydroxyl groups excluding tert-OH is 1. The summed E-state index contributed by atoms with van der Waals surface area (Å²) in [5.74, 6) is -0.653. The van der Waals surface area contributed by atoms with Crippen molar-refractivity contribution >= 4 is 44.8 Å². The van der Waals surface area contributed by atoms with Crippen molar-refractivity contribution in [1.29, 1.82) is 0 Å². The van der Waals surface area contributed by atoms with Crippen molar-refractivity contribution in [3.8, 4) is 5.75 Å². The zero-order chi connectivity index (χ0) is 28.3. The number of anilines is 3. The number of hydrogen-bond acceptors (Lipinski definition) is 7. The first-order chi connectivity index (χ1) is 18.4. The van der Waals surface area contributed by atoms with E-state index in [2.05, 4.69) is 14.9 Å². The number of ether oxygens (including phenoxy) is 1. The average molecular weight is 588 g/mol. The lowest BCUT2D eigenvalue weighted by Crippen LogP contribution is -2.35. The lowest BCUT2D eigenvalue weighted by molar-refractivity contribution is -0.139. The van der Waals surface area contributed by atoms with Gasteiger partial charge < -0.3 is 20.1 Å². The summed E-state index contributed by atoms with van der Waals surface area (Å²) in [5, 5.41) is 11.8. The van der Waals surface area contributed by atoms with Crippen LogP contribution >= 0.6 is 11.8 Å². The number of amides is 1. The second-order valence-corrected chi connectivity index (χ2v) is 12.6. The molecule has 2 fully saturated rings. The minimum atomic E-state index is -4.34. The fourth-order valence-corrected chi connectivity index (χ4v) is 5.99. The van der Waals surface area contributed by atoms with Gasteiger partial charge in [-0.25, -0.2) is 8.42 Å². The zero-order valence-corrected chi connectivity index (χ0v) is 23.1. The first kappa shape index (κ1) is 29.3. The standard InChI is InChI=1S/C26H32F3N3O5S2/c1-38-23-5-3-18(17-22(23)37-14-10-26(27,28)29)30-24(34)20-4-2-19(31-39(35,36)15-13-33)16-21(20)32-11-8-25(6-7-25)9-12-32/h2-5,16-17,31,33H,6-15H2,1H3,(H,30,34). The van der Waals surface area contributed by atoms with Gasteiger partial charge in [0.1, 0.15) is 5.75 Å². The van der Waals surface area contributed by atoms with Gasteiger partial charge in [0.2, 0.25) is 10.0 Å². The van der Waals surface area contributed by atoms with Crippen LogP contribution in [0, 0.1) is 5.41 Å². The minimum Gasteiger partial charge on any atom is -0.492 e. The van der Waals surface area contributed by atoms with E-state index in [1.54, 1.807) is 30.5 Å². The maximum atomic E-state index is 13.4. The molecule has 1 amide bonds. The Balaban J connectivity index is 1.56. The van der Waals surface area contributed by atoms with E-state index in [1.807, 2.05) is 0 Å². The Bertz CT molecular complexity index is 1290. The van der Waals surface area contributed by atoms with E-state index in [-0.39, 0.29) is 11.4 Å². The van der Waals surface area contributed by atoms with Gasteiger partial charge in [0.25, 0.3) is 5.91 Å². The fourth-order valence-electron chi connectivity index (χ4n) is 4.64. The van der Waals surface area contributed by atoms with E-state index in [1.165, 1.54) is 36.7 Å². The number of thioether (sulfide) groups is 1. The number of nitrogens with zero attached hydrogens (tertiary/aromatic N) is 1. The van der Waals surface area contributed by atoms with Crippen LogP contribution in [0.2, 0.25) is 0 Å². The van der Waals surface area contributed by atoms with Gasteiger partial charge in [-0.15, -0.1) is 11.8 Å². The first-order valence-corrected chi connectivity index (χ1v) is 15.5.